The van der Waals surface area contributed by atoms with Crippen molar-refractivity contribution in [1.82, 2.24) is 4.13 Å². The molecule has 0 atom stereocenters. The smallest absolute Gasteiger partial charge is 0.487 e. The number of halogens is 7. The van der Waals surface area contributed by atoms with Gasteiger partial charge in [0.25, 0.3) is 10.0 Å². The molecule has 156 valence electrons. The Morgan fingerprint density at radius 1 is 0.852 bits per heavy atom. The van der Waals surface area contributed by atoms with Crippen LogP contribution < -0.4 is 8.86 Å². The highest BCUT2D eigenvalue weighted by atomic mass is 32.3. The number of hydrogen-bond acceptors (Lipinski definition) is 5. The van der Waals surface area contributed by atoms with Crippen molar-refractivity contribution in [2.24, 2.45) is 5.41 Å². The maximum Gasteiger partial charge on any atom is 0.512 e. The van der Waals surface area contributed by atoms with Crippen molar-refractivity contribution in [3.05, 3.63) is 23.3 Å². The van der Waals surface area contributed by atoms with E-state index in [1.165, 1.54) is 20.8 Å². The summed E-state index contributed by atoms with van der Waals surface area (Å²) in [6.07, 6.45) is 0. The minimum absolute atomic E-state index is 0.0340. The number of alkyl halides is 3. The second kappa shape index (κ2) is 7.09. The summed E-state index contributed by atoms with van der Waals surface area (Å²) in [5.74, 6) is -11.7. The van der Waals surface area contributed by atoms with Crippen LogP contribution >= 0.6 is 0 Å². The Morgan fingerprint density at radius 2 is 1.26 bits per heavy atom. The zero-order valence-electron chi connectivity index (χ0n) is 13.7. The SMILES string of the molecule is CC(C)(C)COc1c(F)c(F)c(S(=O)(=O)NS(=O)(=O)C(F)(F)F)c(F)c1F. The number of benzene rings is 1. The summed E-state index contributed by atoms with van der Waals surface area (Å²) in [7, 11) is -12.9. The van der Waals surface area contributed by atoms with Gasteiger partial charge in [0, 0.05) is 0 Å². The molecule has 1 rings (SSSR count). The van der Waals surface area contributed by atoms with Gasteiger partial charge in [-0.25, -0.2) is 25.6 Å². The van der Waals surface area contributed by atoms with Crippen LogP contribution in [0.15, 0.2) is 4.90 Å². The normalized spacial score (nSPS) is 13.7. The van der Waals surface area contributed by atoms with Crippen molar-refractivity contribution < 1.29 is 52.3 Å². The fourth-order valence-electron chi connectivity index (χ4n) is 1.48. The predicted octanol–water partition coefficient (Wildman–Crippen LogP) is 2.80. The van der Waals surface area contributed by atoms with E-state index in [-0.39, 0.29) is 4.13 Å². The van der Waals surface area contributed by atoms with Gasteiger partial charge in [0.05, 0.1) is 6.61 Å². The third kappa shape index (κ3) is 5.01. The second-order valence-corrected chi connectivity index (χ2v) is 9.85. The zero-order chi connectivity index (χ0) is 21.6. The van der Waals surface area contributed by atoms with Gasteiger partial charge in [0.15, 0.2) is 22.3 Å². The van der Waals surface area contributed by atoms with E-state index in [0.29, 0.717) is 0 Å². The lowest BCUT2D eigenvalue weighted by Crippen LogP contribution is -2.41. The summed E-state index contributed by atoms with van der Waals surface area (Å²) in [6, 6.07) is 0. The molecule has 0 radical (unpaired) electrons. The molecule has 0 amide bonds. The van der Waals surface area contributed by atoms with Gasteiger partial charge >= 0.3 is 15.5 Å². The lowest BCUT2D eigenvalue weighted by molar-refractivity contribution is -0.0441. The van der Waals surface area contributed by atoms with E-state index in [1.807, 2.05) is 0 Å². The highest BCUT2D eigenvalue weighted by Gasteiger charge is 2.49. The summed E-state index contributed by atoms with van der Waals surface area (Å²) >= 11 is 0. The van der Waals surface area contributed by atoms with Gasteiger partial charge in [-0.05, 0) is 5.41 Å². The van der Waals surface area contributed by atoms with Crippen LogP contribution in [0.3, 0.4) is 0 Å². The van der Waals surface area contributed by atoms with Gasteiger partial charge < -0.3 is 4.74 Å². The molecule has 0 heterocycles. The number of rotatable bonds is 5. The van der Waals surface area contributed by atoms with E-state index in [4.69, 9.17) is 0 Å². The molecule has 0 aromatic heterocycles. The molecule has 0 bridgehead atoms. The molecular formula is C12H12F7NO5S2. The van der Waals surface area contributed by atoms with Crippen LogP contribution in [0.4, 0.5) is 30.7 Å². The third-order valence-electron chi connectivity index (χ3n) is 2.63. The summed E-state index contributed by atoms with van der Waals surface area (Å²) in [5.41, 5.74) is -6.93. The van der Waals surface area contributed by atoms with Crippen LogP contribution in [0.5, 0.6) is 5.75 Å². The summed E-state index contributed by atoms with van der Waals surface area (Å²) < 4.78 is 142. The third-order valence-corrected chi connectivity index (χ3v) is 5.89. The van der Waals surface area contributed by atoms with Crippen molar-refractivity contribution >= 4 is 20.0 Å². The first-order valence-corrected chi connectivity index (χ1v) is 9.62. The van der Waals surface area contributed by atoms with E-state index in [0.717, 1.165) is 0 Å². The molecule has 0 saturated heterocycles. The molecule has 0 unspecified atom stereocenters. The molecule has 0 aliphatic rings. The zero-order valence-corrected chi connectivity index (χ0v) is 15.3. The number of nitrogens with one attached hydrogen (secondary N) is 1. The first kappa shape index (κ1) is 23.4. The molecule has 0 fully saturated rings. The summed E-state index contributed by atoms with van der Waals surface area (Å²) in [4.78, 5) is -2.59. The second-order valence-electron chi connectivity index (χ2n) is 6.30. The lowest BCUT2D eigenvalue weighted by atomic mass is 9.99. The molecule has 0 saturated carbocycles. The standard InChI is InChI=1S/C12H12F7NO5S2/c1-11(2,3)4-25-9-5(13)7(15)10(8(16)6(9)14)26(21,22)20-27(23,24)12(17,18)19/h20H,4H2,1-3H3. The molecule has 0 aliphatic heterocycles. The van der Waals surface area contributed by atoms with Crippen LogP contribution in [0.2, 0.25) is 0 Å². The summed E-state index contributed by atoms with van der Waals surface area (Å²) in [5, 5.41) is 0. The van der Waals surface area contributed by atoms with Gasteiger partial charge in [-0.2, -0.15) is 22.0 Å². The minimum atomic E-state index is -6.65. The summed E-state index contributed by atoms with van der Waals surface area (Å²) in [6.45, 7) is 4.06. The van der Waals surface area contributed by atoms with E-state index in [9.17, 15) is 47.6 Å². The van der Waals surface area contributed by atoms with Crippen molar-refractivity contribution in [3.63, 3.8) is 0 Å². The van der Waals surface area contributed by atoms with Gasteiger partial charge in [0.2, 0.25) is 11.6 Å². The van der Waals surface area contributed by atoms with Crippen LogP contribution in [0.25, 0.3) is 0 Å². The molecule has 1 N–H and O–H groups in total. The highest BCUT2D eigenvalue weighted by molar-refractivity contribution is 8.05. The molecule has 27 heavy (non-hydrogen) atoms. The Labute approximate surface area is 149 Å². The van der Waals surface area contributed by atoms with Crippen molar-refractivity contribution in [1.29, 1.82) is 0 Å². The largest absolute Gasteiger partial charge is 0.512 e. The number of hydrogen-bond donors (Lipinski definition) is 1. The average molecular weight is 447 g/mol. The van der Waals surface area contributed by atoms with Crippen molar-refractivity contribution in [2.45, 2.75) is 31.2 Å². The number of sulfonamides is 2. The average Bonchev–Trinajstić information content (AvgIpc) is 2.41. The highest BCUT2D eigenvalue weighted by Crippen LogP contribution is 2.34. The molecule has 0 aliphatic carbocycles. The minimum Gasteiger partial charge on any atom is -0.487 e. The van der Waals surface area contributed by atoms with Crippen LogP contribution in [-0.2, 0) is 20.0 Å². The van der Waals surface area contributed by atoms with Crippen molar-refractivity contribution in [3.8, 4) is 5.75 Å². The maximum absolute atomic E-state index is 13.9. The van der Waals surface area contributed by atoms with Gasteiger partial charge in [-0.15, -0.1) is 0 Å². The number of ether oxygens (including phenoxy) is 1. The quantitative estimate of drug-likeness (QED) is 0.554. The fourth-order valence-corrected chi connectivity index (χ4v) is 3.99. The van der Waals surface area contributed by atoms with E-state index < -0.39 is 71.5 Å². The van der Waals surface area contributed by atoms with Gasteiger partial charge in [-0.3, -0.25) is 0 Å². The molecule has 15 heteroatoms. The molecule has 1 aromatic carbocycles. The van der Waals surface area contributed by atoms with Crippen LogP contribution in [0, 0.1) is 28.7 Å². The predicted molar refractivity (Wildman–Crippen MR) is 76.5 cm³/mol. The molecular weight excluding hydrogens is 435 g/mol. The van der Waals surface area contributed by atoms with Crippen LogP contribution in [0.1, 0.15) is 20.8 Å². The fraction of sp³-hybridized carbons (Fsp3) is 0.500. The Hall–Kier alpha value is -1.61. The molecule has 6 nitrogen and oxygen atoms in total. The molecule has 0 spiro atoms. The Balaban J connectivity index is 3.55. The van der Waals surface area contributed by atoms with Crippen molar-refractivity contribution in [2.75, 3.05) is 6.61 Å². The molecule has 1 aromatic rings. The Kier molecular flexibility index (Phi) is 6.15. The van der Waals surface area contributed by atoms with E-state index in [2.05, 4.69) is 4.74 Å². The van der Waals surface area contributed by atoms with Crippen LogP contribution in [-0.4, -0.2) is 29.0 Å². The van der Waals surface area contributed by atoms with E-state index in [1.54, 1.807) is 0 Å². The first-order chi connectivity index (χ1) is 11.8. The van der Waals surface area contributed by atoms with E-state index >= 15 is 0 Å². The monoisotopic (exact) mass is 447 g/mol. The maximum atomic E-state index is 13.9. The topological polar surface area (TPSA) is 89.5 Å². The Morgan fingerprint density at radius 3 is 1.59 bits per heavy atom. The van der Waals surface area contributed by atoms with Gasteiger partial charge in [-0.1, -0.05) is 24.9 Å². The lowest BCUT2D eigenvalue weighted by Gasteiger charge is -2.20. The Bertz CT molecular complexity index is 921. The van der Waals surface area contributed by atoms with Gasteiger partial charge in [0.1, 0.15) is 0 Å². The first-order valence-electron chi connectivity index (χ1n) is 6.65.